The second-order valence-corrected chi connectivity index (χ2v) is 9.53. The smallest absolute Gasteiger partial charge is 0.271 e. The van der Waals surface area contributed by atoms with E-state index in [9.17, 15) is 9.18 Å². The highest BCUT2D eigenvalue weighted by Crippen LogP contribution is 2.35. The summed E-state index contributed by atoms with van der Waals surface area (Å²) in [6.07, 6.45) is 3.42. The van der Waals surface area contributed by atoms with Crippen LogP contribution >= 0.6 is 0 Å². The maximum Gasteiger partial charge on any atom is 0.271 e. The van der Waals surface area contributed by atoms with Gasteiger partial charge in [-0.2, -0.15) is 0 Å². The lowest BCUT2D eigenvalue weighted by Crippen LogP contribution is -2.39. The molecule has 3 heterocycles. The van der Waals surface area contributed by atoms with Crippen molar-refractivity contribution in [3.63, 3.8) is 0 Å². The molecule has 0 aliphatic carbocycles. The Hall–Kier alpha value is -4.37. The molecule has 0 spiro atoms. The van der Waals surface area contributed by atoms with Gasteiger partial charge in [0.15, 0.2) is 11.5 Å². The number of pyridine rings is 1. The summed E-state index contributed by atoms with van der Waals surface area (Å²) in [6, 6.07) is 13.9. The van der Waals surface area contributed by atoms with E-state index >= 15 is 0 Å². The Balaban J connectivity index is 1.73. The molecule has 2 aromatic carbocycles. The number of anilines is 1. The predicted molar refractivity (Wildman–Crippen MR) is 142 cm³/mol. The van der Waals surface area contributed by atoms with Crippen LogP contribution in [0.4, 0.5) is 10.2 Å². The van der Waals surface area contributed by atoms with Gasteiger partial charge in [0.25, 0.3) is 5.91 Å². The first-order chi connectivity index (χ1) is 17.7. The topological polar surface area (TPSA) is 107 Å². The SMILES string of the molecule is COC(C)(C)CNC(=O)c1cn2c(-c3ccc4nccc(C)c4c3)c(-c3ccc(F)cc3)nc(N)c2n1. The lowest BCUT2D eigenvalue weighted by Gasteiger charge is -2.22. The number of carbonyl (C=O) groups is 1. The van der Waals surface area contributed by atoms with Crippen LogP contribution in [0.5, 0.6) is 0 Å². The number of aryl methyl sites for hydroxylation is 1. The van der Waals surface area contributed by atoms with E-state index in [2.05, 4.69) is 20.3 Å². The molecule has 3 aromatic heterocycles. The minimum atomic E-state index is -0.534. The van der Waals surface area contributed by atoms with Crippen LogP contribution in [0.25, 0.3) is 39.1 Å². The molecule has 3 N–H and O–H groups in total. The molecule has 0 bridgehead atoms. The third kappa shape index (κ3) is 4.61. The zero-order chi connectivity index (χ0) is 26.3. The maximum atomic E-state index is 13.7. The first-order valence-corrected chi connectivity index (χ1v) is 11.8. The van der Waals surface area contributed by atoms with Gasteiger partial charge in [-0.3, -0.25) is 14.2 Å². The molecular weight excluding hydrogens is 471 g/mol. The number of benzene rings is 2. The van der Waals surface area contributed by atoms with E-state index in [-0.39, 0.29) is 23.2 Å². The van der Waals surface area contributed by atoms with E-state index < -0.39 is 5.60 Å². The average molecular weight is 499 g/mol. The van der Waals surface area contributed by atoms with Gasteiger partial charge in [-0.25, -0.2) is 14.4 Å². The first-order valence-electron chi connectivity index (χ1n) is 11.8. The van der Waals surface area contributed by atoms with Gasteiger partial charge in [-0.15, -0.1) is 0 Å². The zero-order valence-corrected chi connectivity index (χ0v) is 21.0. The predicted octanol–water partition coefficient (Wildman–Crippen LogP) is 4.80. The van der Waals surface area contributed by atoms with Crippen molar-refractivity contribution in [1.29, 1.82) is 0 Å². The van der Waals surface area contributed by atoms with Crippen LogP contribution in [-0.4, -0.2) is 44.5 Å². The lowest BCUT2D eigenvalue weighted by molar-refractivity contribution is 0.0228. The number of hydrogen-bond acceptors (Lipinski definition) is 6. The summed E-state index contributed by atoms with van der Waals surface area (Å²) in [6.45, 7) is 6.08. The number of aromatic nitrogens is 4. The van der Waals surface area contributed by atoms with E-state index in [1.54, 1.807) is 36.0 Å². The molecule has 0 fully saturated rings. The highest BCUT2D eigenvalue weighted by molar-refractivity contribution is 5.95. The van der Waals surface area contributed by atoms with E-state index in [0.717, 1.165) is 22.0 Å². The minimum Gasteiger partial charge on any atom is -0.381 e. The van der Waals surface area contributed by atoms with Crippen molar-refractivity contribution in [2.45, 2.75) is 26.4 Å². The molecular formula is C28H27FN6O2. The Morgan fingerprint density at radius 3 is 2.57 bits per heavy atom. The van der Waals surface area contributed by atoms with E-state index in [1.165, 1.54) is 12.1 Å². The van der Waals surface area contributed by atoms with Gasteiger partial charge in [0.05, 0.1) is 22.5 Å². The number of ether oxygens (including phenoxy) is 1. The van der Waals surface area contributed by atoms with Crippen molar-refractivity contribution in [3.8, 4) is 22.5 Å². The molecule has 188 valence electrons. The van der Waals surface area contributed by atoms with E-state index in [1.807, 2.05) is 45.0 Å². The van der Waals surface area contributed by atoms with Crippen molar-refractivity contribution < 1.29 is 13.9 Å². The fraction of sp³-hybridized carbons (Fsp3) is 0.214. The Bertz CT molecular complexity index is 1640. The van der Waals surface area contributed by atoms with E-state index in [0.29, 0.717) is 29.1 Å². The standard InChI is InChI=1S/C28H27FN6O2/c1-16-11-12-31-21-10-7-18(13-20(16)21)24-23(17-5-8-19(29)9-6-17)34-25(30)26-33-22(14-35(24)26)27(36)32-15-28(2,3)37-4/h5-14H,15H2,1-4H3,(H2,30,34)(H,32,36). The average Bonchev–Trinajstić information content (AvgIpc) is 3.34. The van der Waals surface area contributed by atoms with Gasteiger partial charge in [0.1, 0.15) is 11.5 Å². The number of nitrogens with zero attached hydrogens (tertiary/aromatic N) is 4. The van der Waals surface area contributed by atoms with Gasteiger partial charge < -0.3 is 15.8 Å². The Labute approximate surface area is 213 Å². The number of nitrogen functional groups attached to an aromatic ring is 1. The number of fused-ring (bicyclic) bond motifs is 2. The number of amides is 1. The van der Waals surface area contributed by atoms with Gasteiger partial charge >= 0.3 is 0 Å². The van der Waals surface area contributed by atoms with Gasteiger partial charge in [0.2, 0.25) is 0 Å². The quantitative estimate of drug-likeness (QED) is 0.348. The van der Waals surface area contributed by atoms with Crippen molar-refractivity contribution in [2.24, 2.45) is 0 Å². The lowest BCUT2D eigenvalue weighted by atomic mass is 10.0. The molecule has 0 unspecified atom stereocenters. The Morgan fingerprint density at radius 1 is 1.11 bits per heavy atom. The third-order valence-corrected chi connectivity index (χ3v) is 6.44. The Morgan fingerprint density at radius 2 is 1.84 bits per heavy atom. The number of hydrogen-bond donors (Lipinski definition) is 2. The van der Waals surface area contributed by atoms with Crippen molar-refractivity contribution >= 4 is 28.3 Å². The first kappa shape index (κ1) is 24.3. The number of carbonyl (C=O) groups excluding carboxylic acids is 1. The van der Waals surface area contributed by atoms with Crippen LogP contribution in [0.15, 0.2) is 60.9 Å². The maximum absolute atomic E-state index is 13.7. The van der Waals surface area contributed by atoms with Crippen molar-refractivity contribution in [1.82, 2.24) is 24.7 Å². The zero-order valence-electron chi connectivity index (χ0n) is 21.0. The molecule has 0 atom stereocenters. The highest BCUT2D eigenvalue weighted by atomic mass is 19.1. The molecule has 9 heteroatoms. The molecule has 0 saturated heterocycles. The normalized spacial score (nSPS) is 11.8. The molecule has 0 aliphatic rings. The van der Waals surface area contributed by atoms with Crippen LogP contribution in [0.1, 0.15) is 29.9 Å². The molecule has 1 amide bonds. The molecule has 8 nitrogen and oxygen atoms in total. The van der Waals surface area contributed by atoms with Gasteiger partial charge in [0, 0.05) is 42.6 Å². The monoisotopic (exact) mass is 498 g/mol. The summed E-state index contributed by atoms with van der Waals surface area (Å²) in [5.41, 5.74) is 11.0. The van der Waals surface area contributed by atoms with E-state index in [4.69, 9.17) is 10.5 Å². The molecule has 0 aliphatic heterocycles. The number of nitrogens with one attached hydrogen (secondary N) is 1. The fourth-order valence-electron chi connectivity index (χ4n) is 4.15. The summed E-state index contributed by atoms with van der Waals surface area (Å²) in [5, 5.41) is 3.84. The molecule has 37 heavy (non-hydrogen) atoms. The van der Waals surface area contributed by atoms with Crippen LogP contribution in [0, 0.1) is 12.7 Å². The highest BCUT2D eigenvalue weighted by Gasteiger charge is 2.23. The molecule has 5 aromatic rings. The van der Waals surface area contributed by atoms with Gasteiger partial charge in [-0.05, 0) is 68.8 Å². The van der Waals surface area contributed by atoms with Crippen molar-refractivity contribution in [3.05, 3.63) is 78.0 Å². The molecule has 5 rings (SSSR count). The number of rotatable bonds is 6. The summed E-state index contributed by atoms with van der Waals surface area (Å²) in [4.78, 5) is 26.6. The second-order valence-electron chi connectivity index (χ2n) is 9.53. The molecule has 0 saturated carbocycles. The summed E-state index contributed by atoms with van der Waals surface area (Å²) >= 11 is 0. The number of halogens is 1. The minimum absolute atomic E-state index is 0.151. The number of nitrogens with two attached hydrogens (primary N) is 1. The second kappa shape index (κ2) is 9.25. The van der Waals surface area contributed by atoms with Crippen LogP contribution in [-0.2, 0) is 4.74 Å². The largest absolute Gasteiger partial charge is 0.381 e. The molecule has 0 radical (unpaired) electrons. The fourth-order valence-corrected chi connectivity index (χ4v) is 4.15. The van der Waals surface area contributed by atoms with Crippen molar-refractivity contribution in [2.75, 3.05) is 19.4 Å². The van der Waals surface area contributed by atoms with Crippen LogP contribution < -0.4 is 11.1 Å². The summed E-state index contributed by atoms with van der Waals surface area (Å²) in [7, 11) is 1.59. The summed E-state index contributed by atoms with van der Waals surface area (Å²) in [5.74, 6) is -0.564. The third-order valence-electron chi connectivity index (χ3n) is 6.44. The number of methoxy groups -OCH3 is 1. The van der Waals surface area contributed by atoms with Crippen LogP contribution in [0.3, 0.4) is 0 Å². The number of imidazole rings is 1. The van der Waals surface area contributed by atoms with Gasteiger partial charge in [-0.1, -0.05) is 6.07 Å². The Kier molecular flexibility index (Phi) is 6.08. The van der Waals surface area contributed by atoms with Crippen LogP contribution in [0.2, 0.25) is 0 Å². The summed E-state index contributed by atoms with van der Waals surface area (Å²) < 4.78 is 20.9.